The van der Waals surface area contributed by atoms with Gasteiger partial charge in [-0.1, -0.05) is 0 Å². The Morgan fingerprint density at radius 3 is 2.71 bits per heavy atom. The van der Waals surface area contributed by atoms with Gasteiger partial charge in [0.15, 0.2) is 0 Å². The molecule has 1 aromatic rings. The van der Waals surface area contributed by atoms with Crippen molar-refractivity contribution in [2.75, 3.05) is 18.5 Å². The number of aromatic carboxylic acids is 1. The van der Waals surface area contributed by atoms with Crippen molar-refractivity contribution in [2.24, 2.45) is 0 Å². The maximum atomic E-state index is 12.9. The Morgan fingerprint density at radius 2 is 2.06 bits per heavy atom. The first-order valence-electron chi connectivity index (χ1n) is 5.52. The molecule has 94 valence electrons. The summed E-state index contributed by atoms with van der Waals surface area (Å²) in [5.41, 5.74) is 0.357. The molecular formula is C12H16FNO3. The van der Waals surface area contributed by atoms with Crippen LogP contribution in [-0.4, -0.2) is 29.3 Å². The van der Waals surface area contributed by atoms with Crippen LogP contribution in [-0.2, 0) is 0 Å². The van der Waals surface area contributed by atoms with Crippen LogP contribution in [0.2, 0.25) is 0 Å². The summed E-state index contributed by atoms with van der Waals surface area (Å²) >= 11 is 0. The largest absolute Gasteiger partial charge is 0.478 e. The van der Waals surface area contributed by atoms with E-state index in [9.17, 15) is 9.18 Å². The highest BCUT2D eigenvalue weighted by atomic mass is 19.1. The number of rotatable bonds is 7. The predicted octanol–water partition coefficient (Wildman–Crippen LogP) is 2.10. The number of hydrogen-bond acceptors (Lipinski definition) is 3. The highest BCUT2D eigenvalue weighted by molar-refractivity contribution is 5.94. The normalized spacial score (nSPS) is 10.2. The highest BCUT2D eigenvalue weighted by Crippen LogP contribution is 2.17. The molecule has 0 unspecified atom stereocenters. The molecule has 1 aromatic carbocycles. The third-order valence-electron chi connectivity index (χ3n) is 2.36. The van der Waals surface area contributed by atoms with Crippen LogP contribution in [0.25, 0.3) is 0 Å². The molecule has 0 radical (unpaired) electrons. The van der Waals surface area contributed by atoms with Crippen molar-refractivity contribution in [1.29, 1.82) is 0 Å². The molecule has 0 spiro atoms. The van der Waals surface area contributed by atoms with E-state index < -0.39 is 11.8 Å². The predicted molar refractivity (Wildman–Crippen MR) is 62.8 cm³/mol. The Kier molecular flexibility index (Phi) is 5.42. The molecule has 0 heterocycles. The van der Waals surface area contributed by atoms with Gasteiger partial charge >= 0.3 is 5.97 Å². The van der Waals surface area contributed by atoms with Crippen LogP contribution in [0.15, 0.2) is 18.2 Å². The number of nitrogens with one attached hydrogen (secondary N) is 1. The molecule has 5 heteroatoms. The van der Waals surface area contributed by atoms with Gasteiger partial charge in [-0.2, -0.15) is 0 Å². The van der Waals surface area contributed by atoms with E-state index in [1.165, 1.54) is 12.1 Å². The third kappa shape index (κ3) is 4.40. The van der Waals surface area contributed by atoms with Gasteiger partial charge in [-0.25, -0.2) is 9.18 Å². The molecule has 4 nitrogen and oxygen atoms in total. The molecule has 0 atom stereocenters. The van der Waals surface area contributed by atoms with Crippen molar-refractivity contribution in [3.05, 3.63) is 29.6 Å². The summed E-state index contributed by atoms with van der Waals surface area (Å²) in [7, 11) is 0. The van der Waals surface area contributed by atoms with Gasteiger partial charge in [0.2, 0.25) is 0 Å². The van der Waals surface area contributed by atoms with Gasteiger partial charge in [0, 0.05) is 18.8 Å². The molecule has 0 aliphatic carbocycles. The van der Waals surface area contributed by atoms with Crippen LogP contribution < -0.4 is 5.32 Å². The maximum absolute atomic E-state index is 12.9. The second kappa shape index (κ2) is 6.85. The molecule has 0 saturated heterocycles. The molecular weight excluding hydrogens is 225 g/mol. The quantitative estimate of drug-likeness (QED) is 0.639. The summed E-state index contributed by atoms with van der Waals surface area (Å²) in [6.07, 6.45) is 2.43. The lowest BCUT2D eigenvalue weighted by atomic mass is 10.1. The monoisotopic (exact) mass is 241 g/mol. The van der Waals surface area contributed by atoms with Gasteiger partial charge in [-0.3, -0.25) is 0 Å². The van der Waals surface area contributed by atoms with E-state index in [0.29, 0.717) is 12.2 Å². The summed E-state index contributed by atoms with van der Waals surface area (Å²) < 4.78 is 12.9. The summed E-state index contributed by atoms with van der Waals surface area (Å²) in [6.45, 7) is 0.767. The average molecular weight is 241 g/mol. The van der Waals surface area contributed by atoms with Crippen molar-refractivity contribution in [2.45, 2.75) is 19.3 Å². The summed E-state index contributed by atoms with van der Waals surface area (Å²) in [6, 6.07) is 3.64. The number of carbonyl (C=O) groups is 1. The summed E-state index contributed by atoms with van der Waals surface area (Å²) in [4.78, 5) is 10.9. The Balaban J connectivity index is 2.55. The first-order chi connectivity index (χ1) is 8.15. The van der Waals surface area contributed by atoms with Gasteiger partial charge in [0.1, 0.15) is 5.82 Å². The topological polar surface area (TPSA) is 69.6 Å². The number of aliphatic hydroxyl groups is 1. The fraction of sp³-hybridized carbons (Fsp3) is 0.417. The van der Waals surface area contributed by atoms with E-state index in [-0.39, 0.29) is 12.2 Å². The molecule has 0 aromatic heterocycles. The van der Waals surface area contributed by atoms with Crippen molar-refractivity contribution in [1.82, 2.24) is 0 Å². The number of carboxylic acids is 1. The summed E-state index contributed by atoms with van der Waals surface area (Å²) in [5.74, 6) is -1.71. The molecule has 0 aliphatic rings. The zero-order chi connectivity index (χ0) is 12.7. The minimum absolute atomic E-state index is 0.0628. The lowest BCUT2D eigenvalue weighted by molar-refractivity contribution is 0.0697. The molecule has 0 bridgehead atoms. The third-order valence-corrected chi connectivity index (χ3v) is 2.36. The van der Waals surface area contributed by atoms with Gasteiger partial charge < -0.3 is 15.5 Å². The zero-order valence-electron chi connectivity index (χ0n) is 9.45. The Bertz CT molecular complexity index is 382. The van der Waals surface area contributed by atoms with Gasteiger partial charge in [0.25, 0.3) is 0 Å². The smallest absolute Gasteiger partial charge is 0.337 e. The molecule has 17 heavy (non-hydrogen) atoms. The number of hydrogen-bond donors (Lipinski definition) is 3. The van der Waals surface area contributed by atoms with E-state index in [0.717, 1.165) is 25.3 Å². The molecule has 0 fully saturated rings. The molecule has 0 saturated carbocycles. The fourth-order valence-electron chi connectivity index (χ4n) is 1.48. The molecule has 0 aliphatic heterocycles. The Hall–Kier alpha value is -1.62. The molecule has 0 amide bonds. The van der Waals surface area contributed by atoms with Gasteiger partial charge in [-0.15, -0.1) is 0 Å². The number of benzene rings is 1. The number of unbranched alkanes of at least 4 members (excludes halogenated alkanes) is 2. The van der Waals surface area contributed by atoms with Crippen LogP contribution in [0.5, 0.6) is 0 Å². The summed E-state index contributed by atoms with van der Waals surface area (Å²) in [5, 5.41) is 20.4. The van der Waals surface area contributed by atoms with E-state index in [4.69, 9.17) is 10.2 Å². The van der Waals surface area contributed by atoms with Crippen LogP contribution in [0.4, 0.5) is 10.1 Å². The van der Waals surface area contributed by atoms with Crippen LogP contribution in [0.1, 0.15) is 29.6 Å². The van der Waals surface area contributed by atoms with E-state index in [1.54, 1.807) is 0 Å². The average Bonchev–Trinajstić information content (AvgIpc) is 2.30. The SMILES string of the molecule is O=C(O)c1cc(F)ccc1NCCCCCO. The fourth-order valence-corrected chi connectivity index (χ4v) is 1.48. The highest BCUT2D eigenvalue weighted by Gasteiger charge is 2.10. The van der Waals surface area contributed by atoms with Crippen LogP contribution in [0, 0.1) is 5.82 Å². The van der Waals surface area contributed by atoms with Crippen molar-refractivity contribution < 1.29 is 19.4 Å². The Morgan fingerprint density at radius 1 is 1.29 bits per heavy atom. The van der Waals surface area contributed by atoms with Gasteiger partial charge in [0.05, 0.1) is 5.56 Å². The number of carboxylic acid groups (broad SMARTS) is 1. The van der Waals surface area contributed by atoms with Gasteiger partial charge in [-0.05, 0) is 37.5 Å². The maximum Gasteiger partial charge on any atom is 0.337 e. The lowest BCUT2D eigenvalue weighted by Crippen LogP contribution is -2.08. The minimum Gasteiger partial charge on any atom is -0.478 e. The standard InChI is InChI=1S/C12H16FNO3/c13-9-4-5-11(10(8-9)12(16)17)14-6-2-1-3-7-15/h4-5,8,14-15H,1-3,6-7H2,(H,16,17). The second-order valence-corrected chi connectivity index (χ2v) is 3.71. The number of aliphatic hydroxyl groups excluding tert-OH is 1. The van der Waals surface area contributed by atoms with Crippen LogP contribution in [0.3, 0.4) is 0 Å². The minimum atomic E-state index is -1.15. The second-order valence-electron chi connectivity index (χ2n) is 3.71. The first-order valence-corrected chi connectivity index (χ1v) is 5.52. The van der Waals surface area contributed by atoms with E-state index in [1.807, 2.05) is 0 Å². The lowest BCUT2D eigenvalue weighted by Gasteiger charge is -2.09. The van der Waals surface area contributed by atoms with Crippen molar-refractivity contribution in [3.8, 4) is 0 Å². The first kappa shape index (κ1) is 13.4. The van der Waals surface area contributed by atoms with Crippen molar-refractivity contribution >= 4 is 11.7 Å². The Labute approximate surface area is 99.1 Å². The van der Waals surface area contributed by atoms with E-state index in [2.05, 4.69) is 5.32 Å². The van der Waals surface area contributed by atoms with Crippen molar-refractivity contribution in [3.63, 3.8) is 0 Å². The zero-order valence-corrected chi connectivity index (χ0v) is 9.45. The van der Waals surface area contributed by atoms with Crippen LogP contribution >= 0.6 is 0 Å². The number of halogens is 1. The molecule has 1 rings (SSSR count). The number of anilines is 1. The molecule has 3 N–H and O–H groups in total. The van der Waals surface area contributed by atoms with E-state index >= 15 is 0 Å².